The number of fused-ring (bicyclic) bond motifs is 1. The van der Waals surface area contributed by atoms with E-state index >= 15 is 0 Å². The van der Waals surface area contributed by atoms with Crippen molar-refractivity contribution in [3.8, 4) is 11.5 Å². The molecule has 0 aliphatic carbocycles. The summed E-state index contributed by atoms with van der Waals surface area (Å²) < 4.78 is 10.7. The molecule has 1 heterocycles. The van der Waals surface area contributed by atoms with Gasteiger partial charge in [-0.15, -0.1) is 0 Å². The van der Waals surface area contributed by atoms with E-state index in [0.29, 0.717) is 18.0 Å². The maximum Gasteiger partial charge on any atom is 0.274 e. The Morgan fingerprint density at radius 2 is 2.12 bits per heavy atom. The molecule has 7 nitrogen and oxygen atoms in total. The summed E-state index contributed by atoms with van der Waals surface area (Å²) in [6.45, 7) is 2.21. The van der Waals surface area contributed by atoms with Crippen LogP contribution in [0.15, 0.2) is 36.4 Å². The van der Waals surface area contributed by atoms with E-state index in [9.17, 15) is 9.59 Å². The maximum atomic E-state index is 12.3. The monoisotopic (exact) mass is 342 g/mol. The molecular formula is C18H18N2O5. The number of benzene rings is 2. The number of ether oxygens (including phenoxy) is 2. The van der Waals surface area contributed by atoms with Gasteiger partial charge in [0.05, 0.1) is 19.3 Å². The van der Waals surface area contributed by atoms with Crippen molar-refractivity contribution in [1.82, 2.24) is 5.48 Å². The van der Waals surface area contributed by atoms with Crippen LogP contribution in [-0.4, -0.2) is 30.7 Å². The Hall–Kier alpha value is -3.06. The van der Waals surface area contributed by atoms with E-state index in [0.717, 1.165) is 16.9 Å². The minimum absolute atomic E-state index is 0.0618. The smallest absolute Gasteiger partial charge is 0.274 e. The second-order valence-corrected chi connectivity index (χ2v) is 5.70. The molecule has 3 rings (SSSR count). The van der Waals surface area contributed by atoms with E-state index in [4.69, 9.17) is 14.7 Å². The van der Waals surface area contributed by atoms with Gasteiger partial charge < -0.3 is 14.4 Å². The number of anilines is 1. The minimum Gasteiger partial charge on any atom is -0.496 e. The SMILES string of the molecule is COc1ccc(CN2C(=O)COc3ccc(C(=O)NO)cc32)cc1C. The molecule has 0 radical (unpaired) electrons. The van der Waals surface area contributed by atoms with Gasteiger partial charge in [-0.05, 0) is 42.3 Å². The predicted octanol–water partition coefficient (Wildman–Crippen LogP) is 2.05. The zero-order valence-electron chi connectivity index (χ0n) is 13.9. The third-order valence-corrected chi connectivity index (χ3v) is 4.07. The molecule has 1 aliphatic rings. The van der Waals surface area contributed by atoms with Crippen LogP contribution in [0, 0.1) is 6.92 Å². The summed E-state index contributed by atoms with van der Waals surface area (Å²) in [6, 6.07) is 10.3. The average molecular weight is 342 g/mol. The summed E-state index contributed by atoms with van der Waals surface area (Å²) in [4.78, 5) is 25.6. The van der Waals surface area contributed by atoms with Gasteiger partial charge in [0.15, 0.2) is 6.61 Å². The molecule has 2 amide bonds. The third kappa shape index (κ3) is 3.27. The Balaban J connectivity index is 1.95. The lowest BCUT2D eigenvalue weighted by atomic mass is 10.1. The number of nitrogens with one attached hydrogen (secondary N) is 1. The molecule has 0 spiro atoms. The van der Waals surface area contributed by atoms with Crippen molar-refractivity contribution in [3.05, 3.63) is 53.1 Å². The van der Waals surface area contributed by atoms with Crippen LogP contribution in [-0.2, 0) is 11.3 Å². The lowest BCUT2D eigenvalue weighted by Gasteiger charge is -2.30. The highest BCUT2D eigenvalue weighted by Gasteiger charge is 2.26. The molecule has 0 saturated heterocycles. The van der Waals surface area contributed by atoms with Gasteiger partial charge in [-0.25, -0.2) is 5.48 Å². The van der Waals surface area contributed by atoms with E-state index in [1.54, 1.807) is 23.6 Å². The highest BCUT2D eigenvalue weighted by atomic mass is 16.5. The molecule has 0 saturated carbocycles. The van der Waals surface area contributed by atoms with Crippen LogP contribution in [0.2, 0.25) is 0 Å². The van der Waals surface area contributed by atoms with Crippen LogP contribution < -0.4 is 19.9 Å². The summed E-state index contributed by atoms with van der Waals surface area (Å²) in [5.41, 5.74) is 4.20. The molecular weight excluding hydrogens is 324 g/mol. The first-order valence-electron chi connectivity index (χ1n) is 7.68. The first kappa shape index (κ1) is 16.8. The molecule has 0 unspecified atom stereocenters. The van der Waals surface area contributed by atoms with Gasteiger partial charge in [0.25, 0.3) is 11.8 Å². The lowest BCUT2D eigenvalue weighted by Crippen LogP contribution is -2.38. The highest BCUT2D eigenvalue weighted by molar-refractivity contribution is 6.01. The largest absolute Gasteiger partial charge is 0.496 e. The molecule has 2 aromatic rings. The molecule has 0 aromatic heterocycles. The van der Waals surface area contributed by atoms with Gasteiger partial charge in [-0.2, -0.15) is 0 Å². The third-order valence-electron chi connectivity index (χ3n) is 4.07. The number of carbonyl (C=O) groups is 2. The fraction of sp³-hybridized carbons (Fsp3) is 0.222. The van der Waals surface area contributed by atoms with Crippen molar-refractivity contribution in [2.75, 3.05) is 18.6 Å². The van der Waals surface area contributed by atoms with E-state index in [1.807, 2.05) is 25.1 Å². The number of methoxy groups -OCH3 is 1. The Morgan fingerprint density at radius 1 is 1.32 bits per heavy atom. The number of aryl methyl sites for hydroxylation is 1. The van der Waals surface area contributed by atoms with Crippen molar-refractivity contribution in [2.45, 2.75) is 13.5 Å². The van der Waals surface area contributed by atoms with Crippen LogP contribution in [0.25, 0.3) is 0 Å². The zero-order valence-corrected chi connectivity index (χ0v) is 13.9. The maximum absolute atomic E-state index is 12.3. The number of rotatable bonds is 4. The van der Waals surface area contributed by atoms with Gasteiger partial charge >= 0.3 is 0 Å². The van der Waals surface area contributed by atoms with Gasteiger partial charge in [-0.1, -0.05) is 12.1 Å². The number of hydrogen-bond donors (Lipinski definition) is 2. The summed E-state index contributed by atoms with van der Waals surface area (Å²) in [5, 5.41) is 8.80. The Kier molecular flexibility index (Phi) is 4.58. The summed E-state index contributed by atoms with van der Waals surface area (Å²) in [6.07, 6.45) is 0. The van der Waals surface area contributed by atoms with E-state index in [2.05, 4.69) is 0 Å². The fourth-order valence-corrected chi connectivity index (χ4v) is 2.80. The molecule has 1 aliphatic heterocycles. The molecule has 0 atom stereocenters. The number of nitrogens with zero attached hydrogens (tertiary/aromatic N) is 1. The van der Waals surface area contributed by atoms with Crippen LogP contribution in [0.1, 0.15) is 21.5 Å². The van der Waals surface area contributed by atoms with E-state index in [1.165, 1.54) is 12.1 Å². The zero-order chi connectivity index (χ0) is 18.0. The first-order valence-corrected chi connectivity index (χ1v) is 7.68. The molecule has 0 fully saturated rings. The standard InChI is InChI=1S/C18H18N2O5/c1-11-7-12(3-5-15(11)24-2)9-20-14-8-13(18(22)19-23)4-6-16(14)25-10-17(20)21/h3-8,23H,9-10H2,1-2H3,(H,19,22). The topological polar surface area (TPSA) is 88.1 Å². The van der Waals surface area contributed by atoms with Crippen molar-refractivity contribution < 1.29 is 24.3 Å². The molecule has 0 bridgehead atoms. The van der Waals surface area contributed by atoms with Crippen LogP contribution in [0.4, 0.5) is 5.69 Å². The second-order valence-electron chi connectivity index (χ2n) is 5.70. The van der Waals surface area contributed by atoms with Crippen molar-refractivity contribution >= 4 is 17.5 Å². The average Bonchev–Trinajstić information content (AvgIpc) is 2.63. The van der Waals surface area contributed by atoms with Crippen molar-refractivity contribution in [1.29, 1.82) is 0 Å². The van der Waals surface area contributed by atoms with Crippen molar-refractivity contribution in [2.24, 2.45) is 0 Å². The van der Waals surface area contributed by atoms with E-state index in [-0.39, 0.29) is 18.1 Å². The summed E-state index contributed by atoms with van der Waals surface area (Å²) >= 11 is 0. The minimum atomic E-state index is -0.652. The van der Waals surface area contributed by atoms with E-state index < -0.39 is 5.91 Å². The lowest BCUT2D eigenvalue weighted by molar-refractivity contribution is -0.121. The Morgan fingerprint density at radius 3 is 2.80 bits per heavy atom. The van der Waals surface area contributed by atoms with Gasteiger partial charge in [0, 0.05) is 5.56 Å². The number of hydroxylamine groups is 1. The molecule has 130 valence electrons. The molecule has 25 heavy (non-hydrogen) atoms. The van der Waals surface area contributed by atoms with Crippen LogP contribution in [0.3, 0.4) is 0 Å². The Bertz CT molecular complexity index is 834. The van der Waals surface area contributed by atoms with Crippen LogP contribution >= 0.6 is 0 Å². The quantitative estimate of drug-likeness (QED) is 0.656. The van der Waals surface area contributed by atoms with Crippen LogP contribution in [0.5, 0.6) is 11.5 Å². The van der Waals surface area contributed by atoms with Crippen molar-refractivity contribution in [3.63, 3.8) is 0 Å². The van der Waals surface area contributed by atoms with Gasteiger partial charge in [-0.3, -0.25) is 14.8 Å². The molecule has 2 N–H and O–H groups in total. The Labute approximate surface area is 144 Å². The molecule has 2 aromatic carbocycles. The normalized spacial score (nSPS) is 13.1. The second kappa shape index (κ2) is 6.82. The highest BCUT2D eigenvalue weighted by Crippen LogP contribution is 2.34. The fourth-order valence-electron chi connectivity index (χ4n) is 2.80. The number of hydrogen-bond acceptors (Lipinski definition) is 5. The van der Waals surface area contributed by atoms with Gasteiger partial charge in [0.1, 0.15) is 11.5 Å². The number of amides is 2. The van der Waals surface area contributed by atoms with Gasteiger partial charge in [0.2, 0.25) is 0 Å². The predicted molar refractivity (Wildman–Crippen MR) is 90.1 cm³/mol. The first-order chi connectivity index (χ1) is 12.0. The number of carbonyl (C=O) groups excluding carboxylic acids is 2. The summed E-state index contributed by atoms with van der Waals surface area (Å²) in [7, 11) is 1.61. The molecule has 7 heteroatoms. The summed E-state index contributed by atoms with van der Waals surface area (Å²) in [5.74, 6) is 0.433.